The molecule has 0 atom stereocenters. The second kappa shape index (κ2) is 7.06. The normalized spacial score (nSPS) is 12.2. The largest absolute Gasteiger partial charge is 0.394 e. The number of rotatable bonds is 5. The van der Waals surface area contributed by atoms with E-state index in [1.54, 1.807) is 7.05 Å². The van der Waals surface area contributed by atoms with Gasteiger partial charge in [0, 0.05) is 20.5 Å². The summed E-state index contributed by atoms with van der Waals surface area (Å²) in [6.45, 7) is 3.73. The van der Waals surface area contributed by atoms with E-state index in [0.29, 0.717) is 5.90 Å². The van der Waals surface area contributed by atoms with Gasteiger partial charge in [-0.05, 0) is 27.1 Å². The highest BCUT2D eigenvalue weighted by Gasteiger charge is 1.91. The van der Waals surface area contributed by atoms with Crippen molar-refractivity contribution < 1.29 is 4.84 Å². The molecule has 0 fully saturated rings. The molecule has 0 aromatic heterocycles. The second-order valence-corrected chi connectivity index (χ2v) is 2.86. The summed E-state index contributed by atoms with van der Waals surface area (Å²) in [5, 5.41) is 0. The maximum atomic E-state index is 4.94. The smallest absolute Gasteiger partial charge is 0.206 e. The third kappa shape index (κ3) is 7.50. The van der Waals surface area contributed by atoms with Crippen LogP contribution in [0, 0.1) is 0 Å². The predicted molar refractivity (Wildman–Crippen MR) is 51.3 cm³/mol. The Morgan fingerprint density at radius 3 is 2.67 bits per heavy atom. The summed E-state index contributed by atoms with van der Waals surface area (Å²) in [6, 6.07) is 0. The number of hydrogen-bond donors (Lipinski definition) is 1. The number of nitrogens with zero attached hydrogens (tertiary/aromatic N) is 2. The van der Waals surface area contributed by atoms with Crippen LogP contribution >= 0.6 is 0 Å². The molecule has 0 aromatic carbocycles. The lowest BCUT2D eigenvalue weighted by Crippen LogP contribution is -2.15. The molecule has 12 heavy (non-hydrogen) atoms. The molecule has 0 heterocycles. The van der Waals surface area contributed by atoms with Crippen LogP contribution in [0.5, 0.6) is 0 Å². The van der Waals surface area contributed by atoms with Crippen molar-refractivity contribution >= 4 is 5.90 Å². The van der Waals surface area contributed by atoms with E-state index in [0.717, 1.165) is 19.5 Å². The second-order valence-electron chi connectivity index (χ2n) is 2.86. The SMILES string of the molecule is CNOC(C)=NCCCN(C)C. The molecule has 4 nitrogen and oxygen atoms in total. The summed E-state index contributed by atoms with van der Waals surface area (Å²) >= 11 is 0. The van der Waals surface area contributed by atoms with E-state index in [4.69, 9.17) is 4.84 Å². The number of hydrogen-bond acceptors (Lipinski definition) is 4. The third-order valence-electron chi connectivity index (χ3n) is 1.35. The van der Waals surface area contributed by atoms with Crippen LogP contribution in [0.2, 0.25) is 0 Å². The van der Waals surface area contributed by atoms with Crippen LogP contribution in [0.1, 0.15) is 13.3 Å². The zero-order valence-electron chi connectivity index (χ0n) is 8.42. The van der Waals surface area contributed by atoms with Crippen molar-refractivity contribution in [3.05, 3.63) is 0 Å². The van der Waals surface area contributed by atoms with Crippen molar-refractivity contribution in [2.24, 2.45) is 4.99 Å². The lowest BCUT2D eigenvalue weighted by molar-refractivity contribution is 0.205. The fourth-order valence-corrected chi connectivity index (χ4v) is 0.803. The molecule has 0 aliphatic carbocycles. The zero-order valence-corrected chi connectivity index (χ0v) is 8.42. The van der Waals surface area contributed by atoms with E-state index in [1.165, 1.54) is 0 Å². The van der Waals surface area contributed by atoms with Gasteiger partial charge in [0.1, 0.15) is 0 Å². The van der Waals surface area contributed by atoms with Gasteiger partial charge in [0.15, 0.2) is 0 Å². The standard InChI is InChI=1S/C8H19N3O/c1-8(12-9-2)10-6-5-7-11(3)4/h9H,5-7H2,1-4H3. The first-order valence-electron chi connectivity index (χ1n) is 4.16. The van der Waals surface area contributed by atoms with Crippen molar-refractivity contribution in [2.45, 2.75) is 13.3 Å². The highest BCUT2D eigenvalue weighted by molar-refractivity contribution is 5.72. The minimum Gasteiger partial charge on any atom is -0.394 e. The van der Waals surface area contributed by atoms with E-state index in [-0.39, 0.29) is 0 Å². The summed E-state index contributed by atoms with van der Waals surface area (Å²) in [5.74, 6) is 0.691. The van der Waals surface area contributed by atoms with E-state index in [1.807, 2.05) is 6.92 Å². The van der Waals surface area contributed by atoms with Crippen LogP contribution in [-0.4, -0.2) is 45.0 Å². The molecule has 0 unspecified atom stereocenters. The molecule has 0 bridgehead atoms. The fraction of sp³-hybridized carbons (Fsp3) is 0.875. The van der Waals surface area contributed by atoms with Gasteiger partial charge in [0.25, 0.3) is 0 Å². The van der Waals surface area contributed by atoms with Crippen molar-refractivity contribution in [3.63, 3.8) is 0 Å². The molecule has 0 aromatic rings. The molecule has 1 N–H and O–H groups in total. The summed E-state index contributed by atoms with van der Waals surface area (Å²) in [5.41, 5.74) is 2.58. The maximum Gasteiger partial charge on any atom is 0.206 e. The van der Waals surface area contributed by atoms with Gasteiger partial charge >= 0.3 is 0 Å². The molecule has 0 saturated heterocycles. The van der Waals surface area contributed by atoms with Crippen molar-refractivity contribution in [1.29, 1.82) is 0 Å². The molecule has 0 radical (unpaired) electrons. The first kappa shape index (κ1) is 11.4. The molecule has 4 heteroatoms. The minimum atomic E-state index is 0.691. The first-order valence-corrected chi connectivity index (χ1v) is 4.16. The highest BCUT2D eigenvalue weighted by Crippen LogP contribution is 1.86. The van der Waals surface area contributed by atoms with Crippen LogP contribution in [-0.2, 0) is 4.84 Å². The van der Waals surface area contributed by atoms with E-state index >= 15 is 0 Å². The average Bonchev–Trinajstić information content (AvgIpc) is 1.98. The molecule has 0 spiro atoms. The maximum absolute atomic E-state index is 4.94. The Morgan fingerprint density at radius 1 is 1.50 bits per heavy atom. The van der Waals surface area contributed by atoms with E-state index in [2.05, 4.69) is 29.5 Å². The number of aliphatic imine (C=N–C) groups is 1. The Labute approximate surface area is 74.6 Å². The molecular formula is C8H19N3O. The molecule has 0 aliphatic heterocycles. The van der Waals surface area contributed by atoms with Crippen molar-refractivity contribution in [3.8, 4) is 0 Å². The zero-order chi connectivity index (χ0) is 9.40. The topological polar surface area (TPSA) is 36.9 Å². The predicted octanol–water partition coefficient (Wildman–Crippen LogP) is 0.508. The molecule has 0 aliphatic rings. The van der Waals surface area contributed by atoms with Gasteiger partial charge in [0.2, 0.25) is 5.90 Å². The summed E-state index contributed by atoms with van der Waals surface area (Å²) in [6.07, 6.45) is 1.07. The van der Waals surface area contributed by atoms with Crippen molar-refractivity contribution in [1.82, 2.24) is 10.4 Å². The van der Waals surface area contributed by atoms with Gasteiger partial charge in [-0.15, -0.1) is 0 Å². The lowest BCUT2D eigenvalue weighted by atomic mass is 10.4. The van der Waals surface area contributed by atoms with Gasteiger partial charge in [-0.3, -0.25) is 4.99 Å². The van der Waals surface area contributed by atoms with Gasteiger partial charge in [-0.1, -0.05) is 0 Å². The molecule has 72 valence electrons. The van der Waals surface area contributed by atoms with Crippen molar-refractivity contribution in [2.75, 3.05) is 34.2 Å². The Bertz CT molecular complexity index is 134. The van der Waals surface area contributed by atoms with Gasteiger partial charge in [-0.2, -0.15) is 5.48 Å². The van der Waals surface area contributed by atoms with Crippen LogP contribution in [0.25, 0.3) is 0 Å². The Kier molecular flexibility index (Phi) is 6.70. The molecule has 0 amide bonds. The van der Waals surface area contributed by atoms with E-state index < -0.39 is 0 Å². The fourth-order valence-electron chi connectivity index (χ4n) is 0.803. The number of nitrogens with one attached hydrogen (secondary N) is 1. The quantitative estimate of drug-likeness (QED) is 0.285. The van der Waals surface area contributed by atoms with Crippen LogP contribution in [0.3, 0.4) is 0 Å². The first-order chi connectivity index (χ1) is 5.66. The van der Waals surface area contributed by atoms with Crippen LogP contribution in [0.15, 0.2) is 4.99 Å². The Hall–Kier alpha value is -0.610. The van der Waals surface area contributed by atoms with E-state index in [9.17, 15) is 0 Å². The van der Waals surface area contributed by atoms with Gasteiger partial charge in [0.05, 0.1) is 0 Å². The highest BCUT2D eigenvalue weighted by atomic mass is 16.6. The van der Waals surface area contributed by atoms with Crippen LogP contribution < -0.4 is 5.48 Å². The molecule has 0 saturated carbocycles. The Balaban J connectivity index is 3.33. The van der Waals surface area contributed by atoms with Gasteiger partial charge in [-0.25, -0.2) is 0 Å². The number of hydroxylamine groups is 1. The van der Waals surface area contributed by atoms with Gasteiger partial charge < -0.3 is 9.74 Å². The minimum absolute atomic E-state index is 0.691. The average molecular weight is 173 g/mol. The summed E-state index contributed by atoms with van der Waals surface area (Å²) < 4.78 is 0. The molecule has 0 rings (SSSR count). The molecular weight excluding hydrogens is 154 g/mol. The third-order valence-corrected chi connectivity index (χ3v) is 1.35. The lowest BCUT2D eigenvalue weighted by Gasteiger charge is -2.07. The van der Waals surface area contributed by atoms with Crippen LogP contribution in [0.4, 0.5) is 0 Å². The summed E-state index contributed by atoms with van der Waals surface area (Å²) in [4.78, 5) is 11.3. The monoisotopic (exact) mass is 173 g/mol. The Morgan fingerprint density at radius 2 is 2.17 bits per heavy atom. The summed E-state index contributed by atoms with van der Waals surface area (Å²) in [7, 11) is 5.83.